The zero-order valence-corrected chi connectivity index (χ0v) is 27.7. The lowest BCUT2D eigenvalue weighted by Crippen LogP contribution is -1.93. The second-order valence-corrected chi connectivity index (χ2v) is 13.6. The third kappa shape index (κ3) is 4.28. The Morgan fingerprint density at radius 1 is 0.255 bits per heavy atom. The first-order valence-electron chi connectivity index (χ1n) is 17.6. The predicted octanol–water partition coefficient (Wildman–Crippen LogP) is 14.4. The summed E-state index contributed by atoms with van der Waals surface area (Å²) in [5, 5.41) is 14.8. The molecule has 1 nitrogen and oxygen atoms in total. The van der Waals surface area contributed by atoms with Crippen molar-refractivity contribution < 1.29 is 4.42 Å². The monoisotopic (exact) mass is 646 g/mol. The molecule has 0 spiro atoms. The number of hydrogen-bond donors (Lipinski definition) is 0. The summed E-state index contributed by atoms with van der Waals surface area (Å²) < 4.78 is 6.28. The molecule has 0 saturated carbocycles. The second-order valence-electron chi connectivity index (χ2n) is 13.6. The van der Waals surface area contributed by atoms with Gasteiger partial charge in [0.15, 0.2) is 0 Å². The van der Waals surface area contributed by atoms with E-state index >= 15 is 0 Å². The van der Waals surface area contributed by atoms with Crippen molar-refractivity contribution >= 4 is 75.8 Å². The Morgan fingerprint density at radius 3 is 1.71 bits per heavy atom. The average Bonchev–Trinajstić information content (AvgIpc) is 3.57. The Bertz CT molecular complexity index is 3200. The molecule has 0 saturated heterocycles. The van der Waals surface area contributed by atoms with Gasteiger partial charge in [-0.3, -0.25) is 0 Å². The lowest BCUT2D eigenvalue weighted by atomic mass is 9.83. The highest BCUT2D eigenvalue weighted by Gasteiger charge is 2.20. The van der Waals surface area contributed by atoms with Crippen LogP contribution in [0.4, 0.5) is 0 Å². The molecule has 10 aromatic carbocycles. The molecule has 0 aliphatic heterocycles. The zero-order valence-electron chi connectivity index (χ0n) is 27.7. The Hall–Kier alpha value is -6.70. The fourth-order valence-corrected chi connectivity index (χ4v) is 8.47. The first kappa shape index (κ1) is 28.2. The van der Waals surface area contributed by atoms with Crippen molar-refractivity contribution in [3.8, 4) is 33.4 Å². The molecule has 236 valence electrons. The molecule has 1 aromatic heterocycles. The molecule has 0 unspecified atom stereocenters. The number of hydrogen-bond acceptors (Lipinski definition) is 1. The van der Waals surface area contributed by atoms with Gasteiger partial charge in [-0.2, -0.15) is 0 Å². The van der Waals surface area contributed by atoms with Gasteiger partial charge in [0.05, 0.1) is 0 Å². The van der Waals surface area contributed by atoms with E-state index in [9.17, 15) is 0 Å². The van der Waals surface area contributed by atoms with Crippen molar-refractivity contribution in [3.05, 3.63) is 182 Å². The van der Waals surface area contributed by atoms with Crippen LogP contribution in [-0.4, -0.2) is 0 Å². The van der Waals surface area contributed by atoms with E-state index < -0.39 is 0 Å². The van der Waals surface area contributed by atoms with Crippen LogP contribution in [0.5, 0.6) is 0 Å². The van der Waals surface area contributed by atoms with E-state index in [1.54, 1.807) is 0 Å². The van der Waals surface area contributed by atoms with Crippen molar-refractivity contribution in [2.75, 3.05) is 0 Å². The fraction of sp³-hybridized carbons (Fsp3) is 0. The Morgan fingerprint density at radius 2 is 0.824 bits per heavy atom. The van der Waals surface area contributed by atoms with Gasteiger partial charge in [0.2, 0.25) is 0 Å². The van der Waals surface area contributed by atoms with Gasteiger partial charge >= 0.3 is 0 Å². The first-order chi connectivity index (χ1) is 25.3. The van der Waals surface area contributed by atoms with Crippen LogP contribution >= 0.6 is 0 Å². The van der Waals surface area contributed by atoms with Crippen LogP contribution < -0.4 is 0 Å². The molecular weight excluding hydrogens is 617 g/mol. The summed E-state index contributed by atoms with van der Waals surface area (Å²) in [7, 11) is 0. The molecule has 11 rings (SSSR count). The molecule has 51 heavy (non-hydrogen) atoms. The Kier molecular flexibility index (Phi) is 6.02. The van der Waals surface area contributed by atoms with Crippen molar-refractivity contribution in [1.82, 2.24) is 0 Å². The van der Waals surface area contributed by atoms with Crippen LogP contribution in [0.15, 0.2) is 186 Å². The number of benzene rings is 10. The normalized spacial score (nSPS) is 11.9. The van der Waals surface area contributed by atoms with Crippen LogP contribution in [0.25, 0.3) is 109 Å². The number of furan rings is 1. The van der Waals surface area contributed by atoms with E-state index in [0.717, 1.165) is 21.9 Å². The van der Waals surface area contributed by atoms with Crippen LogP contribution in [0.3, 0.4) is 0 Å². The lowest BCUT2D eigenvalue weighted by molar-refractivity contribution is 0.669. The molecule has 0 fully saturated rings. The molecule has 1 heterocycles. The van der Waals surface area contributed by atoms with E-state index in [-0.39, 0.29) is 0 Å². The lowest BCUT2D eigenvalue weighted by Gasteiger charge is -2.20. The second kappa shape index (κ2) is 10.9. The van der Waals surface area contributed by atoms with E-state index in [2.05, 4.69) is 176 Å². The van der Waals surface area contributed by atoms with Gasteiger partial charge in [0, 0.05) is 10.8 Å². The van der Waals surface area contributed by atoms with Crippen LogP contribution in [0.2, 0.25) is 0 Å². The number of fused-ring (bicyclic) bond motifs is 9. The van der Waals surface area contributed by atoms with Crippen molar-refractivity contribution in [2.45, 2.75) is 0 Å². The molecule has 0 aliphatic rings. The highest BCUT2D eigenvalue weighted by atomic mass is 16.3. The summed E-state index contributed by atoms with van der Waals surface area (Å²) in [6.07, 6.45) is 0. The average molecular weight is 647 g/mol. The predicted molar refractivity (Wildman–Crippen MR) is 218 cm³/mol. The van der Waals surface area contributed by atoms with Gasteiger partial charge in [-0.25, -0.2) is 0 Å². The first-order valence-corrected chi connectivity index (χ1v) is 17.6. The minimum absolute atomic E-state index is 0.907. The SMILES string of the molecule is c1ccc2cc(-c3ccc4c(-c5cccc6c5ccc5ccccc56)c5ccccc5c(-c5ccc6oc7ccccc7c6c5)c4c3)ccc2c1. The maximum Gasteiger partial charge on any atom is 0.135 e. The molecule has 0 atom stereocenters. The molecule has 0 aliphatic carbocycles. The standard InChI is InChI=1S/C50H30O/c1-2-12-33-28-34(21-20-31(33)10-1)35-23-26-44-46(29-35)49(36-24-27-48-45(30-36)40-14-7-8-19-47(40)51-48)42-15-5-6-16-43(42)50(44)41-18-9-17-38-37-13-4-3-11-32(37)22-25-39(38)41/h1-30H. The number of para-hydroxylation sites is 1. The van der Waals surface area contributed by atoms with E-state index in [1.807, 2.05) is 6.07 Å². The zero-order chi connectivity index (χ0) is 33.5. The Labute approximate surface area is 294 Å². The van der Waals surface area contributed by atoms with Crippen LogP contribution in [-0.2, 0) is 0 Å². The number of rotatable bonds is 3. The van der Waals surface area contributed by atoms with Gasteiger partial charge in [-0.15, -0.1) is 0 Å². The summed E-state index contributed by atoms with van der Waals surface area (Å²) in [4.78, 5) is 0. The molecular formula is C50H30O. The van der Waals surface area contributed by atoms with E-state index in [1.165, 1.54) is 87.2 Å². The van der Waals surface area contributed by atoms with Gasteiger partial charge in [0.1, 0.15) is 11.2 Å². The van der Waals surface area contributed by atoms with E-state index in [4.69, 9.17) is 4.42 Å². The molecule has 1 heteroatoms. The summed E-state index contributed by atoms with van der Waals surface area (Å²) >= 11 is 0. The molecule has 0 radical (unpaired) electrons. The topological polar surface area (TPSA) is 13.1 Å². The molecule has 0 amide bonds. The van der Waals surface area contributed by atoms with E-state index in [0.29, 0.717) is 0 Å². The largest absolute Gasteiger partial charge is 0.456 e. The van der Waals surface area contributed by atoms with Gasteiger partial charge < -0.3 is 4.42 Å². The molecule has 0 N–H and O–H groups in total. The Balaban J connectivity index is 1.27. The minimum Gasteiger partial charge on any atom is -0.456 e. The maximum atomic E-state index is 6.28. The van der Waals surface area contributed by atoms with Crippen molar-refractivity contribution in [2.24, 2.45) is 0 Å². The van der Waals surface area contributed by atoms with Gasteiger partial charge in [-0.05, 0) is 118 Å². The molecule has 0 bridgehead atoms. The third-order valence-electron chi connectivity index (χ3n) is 10.8. The molecule has 11 aromatic rings. The maximum absolute atomic E-state index is 6.28. The quantitative estimate of drug-likeness (QED) is 0.138. The van der Waals surface area contributed by atoms with Crippen molar-refractivity contribution in [3.63, 3.8) is 0 Å². The van der Waals surface area contributed by atoms with Gasteiger partial charge in [-0.1, -0.05) is 152 Å². The summed E-state index contributed by atoms with van der Waals surface area (Å²) in [5.41, 5.74) is 9.18. The summed E-state index contributed by atoms with van der Waals surface area (Å²) in [6.45, 7) is 0. The van der Waals surface area contributed by atoms with Crippen LogP contribution in [0.1, 0.15) is 0 Å². The summed E-state index contributed by atoms with van der Waals surface area (Å²) in [6, 6.07) is 66.6. The van der Waals surface area contributed by atoms with Gasteiger partial charge in [0.25, 0.3) is 0 Å². The highest BCUT2D eigenvalue weighted by molar-refractivity contribution is 6.25. The third-order valence-corrected chi connectivity index (χ3v) is 10.8. The highest BCUT2D eigenvalue weighted by Crippen LogP contribution is 2.47. The fourth-order valence-electron chi connectivity index (χ4n) is 8.47. The summed E-state index contributed by atoms with van der Waals surface area (Å²) in [5.74, 6) is 0. The van der Waals surface area contributed by atoms with Crippen molar-refractivity contribution in [1.29, 1.82) is 0 Å². The smallest absolute Gasteiger partial charge is 0.135 e. The van der Waals surface area contributed by atoms with Crippen LogP contribution in [0, 0.1) is 0 Å². The minimum atomic E-state index is 0.907.